The van der Waals surface area contributed by atoms with Gasteiger partial charge in [-0.15, -0.1) is 0 Å². The topological polar surface area (TPSA) is 26.3 Å². The molecule has 3 heteroatoms. The lowest BCUT2D eigenvalue weighted by Gasteiger charge is -2.44. The molecule has 0 amide bonds. The molecule has 1 aromatic carbocycles. The van der Waals surface area contributed by atoms with Gasteiger partial charge >= 0.3 is 5.97 Å². The van der Waals surface area contributed by atoms with Crippen LogP contribution in [0.2, 0.25) is 0 Å². The molecular weight excluding hydrogens is 340 g/mol. The summed E-state index contributed by atoms with van der Waals surface area (Å²) in [6.45, 7) is 8.64. The van der Waals surface area contributed by atoms with Gasteiger partial charge in [-0.05, 0) is 36.7 Å². The minimum Gasteiger partial charge on any atom is -0.461 e. The standard InChI is InChI=1S/C19H27BrO2/c1-13-10-11-16(17(12-13)22-18(21)14(2)20)19(3,4)15-8-6-5-7-9-15/h5-9,13-14,16-17H,10-12H2,1-4H3/t13-,14?,16-,17-/m1/s1. The number of rotatable bonds is 4. The SMILES string of the molecule is CC(Br)C(=O)O[C@@H]1C[C@H](C)CC[C@H]1C(C)(C)c1ccccc1. The lowest BCUT2D eigenvalue weighted by Crippen LogP contribution is -2.44. The van der Waals surface area contributed by atoms with Gasteiger partial charge in [-0.25, -0.2) is 0 Å². The van der Waals surface area contributed by atoms with Crippen molar-refractivity contribution in [3.63, 3.8) is 0 Å². The minimum atomic E-state index is -0.245. The molecule has 0 saturated heterocycles. The number of hydrogen-bond acceptors (Lipinski definition) is 2. The summed E-state index contributed by atoms with van der Waals surface area (Å²) >= 11 is 3.32. The Kier molecular flexibility index (Phi) is 5.70. The van der Waals surface area contributed by atoms with Crippen LogP contribution in [0.1, 0.15) is 52.5 Å². The lowest BCUT2D eigenvalue weighted by atomic mass is 9.64. The van der Waals surface area contributed by atoms with Crippen LogP contribution in [0.5, 0.6) is 0 Å². The Labute approximate surface area is 142 Å². The molecule has 0 aromatic heterocycles. The zero-order chi connectivity index (χ0) is 16.3. The van der Waals surface area contributed by atoms with Crippen molar-refractivity contribution >= 4 is 21.9 Å². The van der Waals surface area contributed by atoms with Gasteiger partial charge in [-0.2, -0.15) is 0 Å². The smallest absolute Gasteiger partial charge is 0.319 e. The maximum absolute atomic E-state index is 12.1. The molecule has 0 aliphatic heterocycles. The molecule has 4 atom stereocenters. The molecule has 0 radical (unpaired) electrons. The van der Waals surface area contributed by atoms with Gasteiger partial charge in [0.1, 0.15) is 10.9 Å². The van der Waals surface area contributed by atoms with Crippen molar-refractivity contribution in [3.8, 4) is 0 Å². The van der Waals surface area contributed by atoms with Gasteiger partial charge in [-0.3, -0.25) is 4.79 Å². The maximum atomic E-state index is 12.1. The maximum Gasteiger partial charge on any atom is 0.319 e. The number of esters is 1. The summed E-state index contributed by atoms with van der Waals surface area (Å²) in [6, 6.07) is 10.6. The van der Waals surface area contributed by atoms with Crippen molar-refractivity contribution in [2.45, 2.75) is 63.3 Å². The third-order valence-electron chi connectivity index (χ3n) is 5.09. The van der Waals surface area contributed by atoms with Gasteiger partial charge in [-0.1, -0.05) is 73.5 Å². The predicted octanol–water partition coefficient (Wildman–Crippen LogP) is 5.10. The highest BCUT2D eigenvalue weighted by Gasteiger charge is 2.42. The summed E-state index contributed by atoms with van der Waals surface area (Å²) in [5.41, 5.74) is 1.32. The van der Waals surface area contributed by atoms with Gasteiger partial charge in [0, 0.05) is 5.92 Å². The molecule has 1 unspecified atom stereocenters. The van der Waals surface area contributed by atoms with Crippen LogP contribution in [-0.4, -0.2) is 16.9 Å². The van der Waals surface area contributed by atoms with E-state index in [-0.39, 0.29) is 22.3 Å². The van der Waals surface area contributed by atoms with E-state index < -0.39 is 0 Å². The van der Waals surface area contributed by atoms with Gasteiger partial charge in [0.05, 0.1) is 0 Å². The van der Waals surface area contributed by atoms with Gasteiger partial charge < -0.3 is 4.74 Å². The fraction of sp³-hybridized carbons (Fsp3) is 0.632. The molecule has 1 aliphatic rings. The monoisotopic (exact) mass is 366 g/mol. The summed E-state index contributed by atoms with van der Waals surface area (Å²) in [5.74, 6) is 0.834. The van der Waals surface area contributed by atoms with Crippen molar-refractivity contribution in [1.29, 1.82) is 0 Å². The fourth-order valence-corrected chi connectivity index (χ4v) is 3.72. The van der Waals surface area contributed by atoms with Crippen molar-refractivity contribution < 1.29 is 9.53 Å². The second-order valence-electron chi connectivity index (χ2n) is 7.20. The first-order valence-corrected chi connectivity index (χ1v) is 9.14. The largest absolute Gasteiger partial charge is 0.461 e. The average Bonchev–Trinajstić information content (AvgIpc) is 2.47. The van der Waals surface area contributed by atoms with Gasteiger partial charge in [0.25, 0.3) is 0 Å². The highest BCUT2D eigenvalue weighted by atomic mass is 79.9. The molecule has 1 aliphatic carbocycles. The van der Waals surface area contributed by atoms with E-state index in [9.17, 15) is 4.79 Å². The Morgan fingerprint density at radius 2 is 1.91 bits per heavy atom. The zero-order valence-corrected chi connectivity index (χ0v) is 15.6. The Morgan fingerprint density at radius 3 is 2.50 bits per heavy atom. The number of ether oxygens (including phenoxy) is 1. The van der Waals surface area contributed by atoms with Crippen molar-refractivity contribution in [1.82, 2.24) is 0 Å². The molecule has 1 fully saturated rings. The summed E-state index contributed by atoms with van der Waals surface area (Å²) in [5, 5.41) is 0. The molecule has 122 valence electrons. The number of alkyl halides is 1. The van der Waals surface area contributed by atoms with Crippen LogP contribution in [0.25, 0.3) is 0 Å². The molecule has 0 heterocycles. The highest BCUT2D eigenvalue weighted by molar-refractivity contribution is 9.10. The lowest BCUT2D eigenvalue weighted by molar-refractivity contribution is -0.155. The molecule has 1 aromatic rings. The Bertz CT molecular complexity index is 495. The number of carbonyl (C=O) groups is 1. The van der Waals surface area contributed by atoms with E-state index in [0.29, 0.717) is 11.8 Å². The number of halogens is 1. The molecule has 22 heavy (non-hydrogen) atoms. The average molecular weight is 367 g/mol. The number of benzene rings is 1. The van der Waals surface area contributed by atoms with Crippen LogP contribution in [0.15, 0.2) is 30.3 Å². The first-order valence-electron chi connectivity index (χ1n) is 8.22. The van der Waals surface area contributed by atoms with Gasteiger partial charge in [0.2, 0.25) is 0 Å². The molecule has 0 N–H and O–H groups in total. The summed E-state index contributed by atoms with van der Waals surface area (Å²) in [4.78, 5) is 11.8. The third-order valence-corrected chi connectivity index (χ3v) is 5.46. The van der Waals surface area contributed by atoms with Crippen LogP contribution in [-0.2, 0) is 14.9 Å². The van der Waals surface area contributed by atoms with E-state index in [1.165, 1.54) is 12.0 Å². The normalized spacial score (nSPS) is 27.2. The Morgan fingerprint density at radius 1 is 1.27 bits per heavy atom. The summed E-state index contributed by atoms with van der Waals surface area (Å²) in [7, 11) is 0. The Balaban J connectivity index is 2.23. The van der Waals surface area contributed by atoms with E-state index >= 15 is 0 Å². The summed E-state index contributed by atoms with van der Waals surface area (Å²) in [6.07, 6.45) is 3.29. The van der Waals surface area contributed by atoms with Crippen molar-refractivity contribution in [2.75, 3.05) is 0 Å². The van der Waals surface area contributed by atoms with Crippen LogP contribution in [0.3, 0.4) is 0 Å². The first-order chi connectivity index (χ1) is 10.3. The van der Waals surface area contributed by atoms with Crippen LogP contribution in [0, 0.1) is 11.8 Å². The highest BCUT2D eigenvalue weighted by Crippen LogP contribution is 2.43. The summed E-state index contributed by atoms with van der Waals surface area (Å²) < 4.78 is 5.86. The Hall–Kier alpha value is -0.830. The van der Waals surface area contributed by atoms with Crippen molar-refractivity contribution in [2.24, 2.45) is 11.8 Å². The zero-order valence-electron chi connectivity index (χ0n) is 14.0. The number of hydrogen-bond donors (Lipinski definition) is 0. The van der Waals surface area contributed by atoms with Gasteiger partial charge in [0.15, 0.2) is 0 Å². The fourth-order valence-electron chi connectivity index (χ4n) is 3.61. The van der Waals surface area contributed by atoms with E-state index in [1.54, 1.807) is 0 Å². The molecule has 2 rings (SSSR count). The second-order valence-corrected chi connectivity index (χ2v) is 8.58. The predicted molar refractivity (Wildman–Crippen MR) is 94.2 cm³/mol. The quantitative estimate of drug-likeness (QED) is 0.547. The first kappa shape index (κ1) is 17.5. The molecule has 0 bridgehead atoms. The van der Waals surface area contributed by atoms with Crippen LogP contribution >= 0.6 is 15.9 Å². The number of carbonyl (C=O) groups excluding carboxylic acids is 1. The molecule has 2 nitrogen and oxygen atoms in total. The van der Waals surface area contributed by atoms with Crippen LogP contribution in [0.4, 0.5) is 0 Å². The molecular formula is C19H27BrO2. The van der Waals surface area contributed by atoms with E-state index in [2.05, 4.69) is 61.0 Å². The molecule has 0 spiro atoms. The third kappa shape index (κ3) is 3.92. The minimum absolute atomic E-state index is 0.00188. The van der Waals surface area contributed by atoms with E-state index in [4.69, 9.17) is 4.74 Å². The molecule has 1 saturated carbocycles. The van der Waals surface area contributed by atoms with Crippen molar-refractivity contribution in [3.05, 3.63) is 35.9 Å². The second kappa shape index (κ2) is 7.16. The van der Waals surface area contributed by atoms with E-state index in [1.807, 2.05) is 13.0 Å². The van der Waals surface area contributed by atoms with Crippen LogP contribution < -0.4 is 0 Å². The van der Waals surface area contributed by atoms with E-state index in [0.717, 1.165) is 12.8 Å².